The molecule has 1 spiro atoms. The Hall–Kier alpha value is -0.610. The Kier molecular flexibility index (Phi) is 2.64. The molecule has 0 aromatic heterocycles. The lowest BCUT2D eigenvalue weighted by molar-refractivity contribution is -0.132. The molecule has 4 nitrogen and oxygen atoms in total. The van der Waals surface area contributed by atoms with Gasteiger partial charge in [0, 0.05) is 18.5 Å². The van der Waals surface area contributed by atoms with Gasteiger partial charge in [-0.1, -0.05) is 12.8 Å². The van der Waals surface area contributed by atoms with Crippen LogP contribution < -0.4 is 10.7 Å². The van der Waals surface area contributed by atoms with Crippen molar-refractivity contribution >= 4 is 5.91 Å². The fraction of sp³-hybridized carbons (Fsp3) is 0.917. The number of carbonyl (C=O) groups is 1. The molecule has 1 unspecified atom stereocenters. The summed E-state index contributed by atoms with van der Waals surface area (Å²) in [5.41, 5.74) is 3.66. The van der Waals surface area contributed by atoms with Crippen LogP contribution in [0.15, 0.2) is 0 Å². The third kappa shape index (κ3) is 1.74. The highest BCUT2D eigenvalue weighted by atomic mass is 16.2. The molecule has 1 aliphatic carbocycles. The molecule has 0 bridgehead atoms. The van der Waals surface area contributed by atoms with Crippen LogP contribution in [-0.2, 0) is 4.79 Å². The van der Waals surface area contributed by atoms with Crippen molar-refractivity contribution in [2.45, 2.75) is 56.5 Å². The first-order chi connectivity index (χ1) is 7.79. The zero-order valence-electron chi connectivity index (χ0n) is 9.80. The van der Waals surface area contributed by atoms with E-state index in [1.807, 2.05) is 5.01 Å². The summed E-state index contributed by atoms with van der Waals surface area (Å²) in [6, 6.07) is 0.376. The molecule has 0 aromatic rings. The van der Waals surface area contributed by atoms with Crippen molar-refractivity contribution in [1.29, 1.82) is 0 Å². The van der Waals surface area contributed by atoms with Crippen LogP contribution in [0.4, 0.5) is 0 Å². The number of nitrogens with zero attached hydrogens (tertiary/aromatic N) is 1. The van der Waals surface area contributed by atoms with Crippen molar-refractivity contribution < 1.29 is 4.79 Å². The van der Waals surface area contributed by atoms with E-state index in [1.165, 1.54) is 32.1 Å². The van der Waals surface area contributed by atoms with Crippen LogP contribution in [0.2, 0.25) is 0 Å². The number of hydrogen-bond donors (Lipinski definition) is 2. The van der Waals surface area contributed by atoms with E-state index in [-0.39, 0.29) is 5.54 Å². The molecule has 16 heavy (non-hydrogen) atoms. The minimum atomic E-state index is 0.133. The summed E-state index contributed by atoms with van der Waals surface area (Å²) in [5, 5.41) is 5.32. The molecule has 4 heteroatoms. The second kappa shape index (κ2) is 4.00. The zero-order valence-corrected chi connectivity index (χ0v) is 9.80. The second-order valence-electron chi connectivity index (χ2n) is 5.54. The van der Waals surface area contributed by atoms with Crippen LogP contribution in [0.5, 0.6) is 0 Å². The fourth-order valence-corrected chi connectivity index (χ4v) is 3.42. The SMILES string of the molecule is O=C1CC2(CCCC2)NN1C1CCCNC1. The number of rotatable bonds is 1. The molecule has 3 aliphatic rings. The van der Waals surface area contributed by atoms with Gasteiger partial charge in [-0.2, -0.15) is 0 Å². The quantitative estimate of drug-likeness (QED) is 0.691. The Morgan fingerprint density at radius 2 is 2.06 bits per heavy atom. The Morgan fingerprint density at radius 1 is 1.25 bits per heavy atom. The average molecular weight is 223 g/mol. The Morgan fingerprint density at radius 3 is 2.75 bits per heavy atom. The number of hydrogen-bond acceptors (Lipinski definition) is 3. The highest BCUT2D eigenvalue weighted by Crippen LogP contribution is 2.37. The first-order valence-electron chi connectivity index (χ1n) is 6.60. The van der Waals surface area contributed by atoms with Crippen molar-refractivity contribution in [2.24, 2.45) is 0 Å². The van der Waals surface area contributed by atoms with Gasteiger partial charge < -0.3 is 5.32 Å². The Labute approximate surface area is 96.7 Å². The molecular formula is C12H21N3O. The van der Waals surface area contributed by atoms with Crippen LogP contribution in [-0.4, -0.2) is 35.6 Å². The molecule has 3 rings (SSSR count). The smallest absolute Gasteiger partial charge is 0.238 e. The molecule has 0 radical (unpaired) electrons. The van der Waals surface area contributed by atoms with Gasteiger partial charge >= 0.3 is 0 Å². The summed E-state index contributed by atoms with van der Waals surface area (Å²) in [7, 11) is 0. The molecular weight excluding hydrogens is 202 g/mol. The third-order valence-corrected chi connectivity index (χ3v) is 4.31. The molecule has 2 saturated heterocycles. The molecule has 2 aliphatic heterocycles. The molecule has 1 amide bonds. The number of carbonyl (C=O) groups excluding carboxylic acids is 1. The maximum absolute atomic E-state index is 12.1. The Bertz CT molecular complexity index is 280. The molecule has 2 heterocycles. The highest BCUT2D eigenvalue weighted by Gasteiger charge is 2.46. The van der Waals surface area contributed by atoms with E-state index >= 15 is 0 Å². The van der Waals surface area contributed by atoms with Gasteiger partial charge in [0.25, 0.3) is 0 Å². The number of nitrogens with one attached hydrogen (secondary N) is 2. The summed E-state index contributed by atoms with van der Waals surface area (Å²) in [5.74, 6) is 0.315. The van der Waals surface area contributed by atoms with Gasteiger partial charge in [0.2, 0.25) is 5.91 Å². The van der Waals surface area contributed by atoms with Crippen molar-refractivity contribution in [3.63, 3.8) is 0 Å². The molecule has 0 aromatic carbocycles. The number of hydrazine groups is 1. The van der Waals surface area contributed by atoms with Crippen molar-refractivity contribution in [3.8, 4) is 0 Å². The fourth-order valence-electron chi connectivity index (χ4n) is 3.42. The summed E-state index contributed by atoms with van der Waals surface area (Å²) in [4.78, 5) is 12.1. The molecule has 1 saturated carbocycles. The number of amides is 1. The normalized spacial score (nSPS) is 33.9. The largest absolute Gasteiger partial charge is 0.315 e. The minimum Gasteiger partial charge on any atom is -0.315 e. The molecule has 90 valence electrons. The van der Waals surface area contributed by atoms with Gasteiger partial charge in [-0.3, -0.25) is 9.80 Å². The molecule has 1 atom stereocenters. The monoisotopic (exact) mass is 223 g/mol. The van der Waals surface area contributed by atoms with E-state index in [0.717, 1.165) is 25.9 Å². The second-order valence-corrected chi connectivity index (χ2v) is 5.54. The van der Waals surface area contributed by atoms with E-state index in [9.17, 15) is 4.79 Å². The van der Waals surface area contributed by atoms with E-state index < -0.39 is 0 Å². The lowest BCUT2D eigenvalue weighted by Gasteiger charge is -2.33. The van der Waals surface area contributed by atoms with Crippen LogP contribution in [0.25, 0.3) is 0 Å². The predicted molar refractivity (Wildman–Crippen MR) is 61.7 cm³/mol. The zero-order chi connectivity index (χ0) is 11.0. The van der Waals surface area contributed by atoms with Gasteiger partial charge in [-0.15, -0.1) is 0 Å². The van der Waals surface area contributed by atoms with Crippen LogP contribution >= 0.6 is 0 Å². The topological polar surface area (TPSA) is 44.4 Å². The lowest BCUT2D eigenvalue weighted by atomic mass is 9.96. The highest BCUT2D eigenvalue weighted by molar-refractivity contribution is 5.79. The van der Waals surface area contributed by atoms with Crippen LogP contribution in [0.1, 0.15) is 44.9 Å². The summed E-state index contributed by atoms with van der Waals surface area (Å²) < 4.78 is 0. The maximum atomic E-state index is 12.1. The van der Waals surface area contributed by atoms with Gasteiger partial charge in [0.05, 0.1) is 6.04 Å². The van der Waals surface area contributed by atoms with E-state index in [1.54, 1.807) is 0 Å². The summed E-state index contributed by atoms with van der Waals surface area (Å²) in [6.45, 7) is 2.05. The average Bonchev–Trinajstić information content (AvgIpc) is 2.88. The summed E-state index contributed by atoms with van der Waals surface area (Å²) in [6.07, 6.45) is 7.95. The van der Waals surface area contributed by atoms with Gasteiger partial charge in [0.1, 0.15) is 0 Å². The molecule has 2 N–H and O–H groups in total. The van der Waals surface area contributed by atoms with Gasteiger partial charge in [0.15, 0.2) is 0 Å². The first kappa shape index (κ1) is 10.5. The van der Waals surface area contributed by atoms with Crippen molar-refractivity contribution in [1.82, 2.24) is 15.8 Å². The molecule has 3 fully saturated rings. The lowest BCUT2D eigenvalue weighted by Crippen LogP contribution is -2.54. The van der Waals surface area contributed by atoms with Crippen LogP contribution in [0, 0.1) is 0 Å². The minimum absolute atomic E-state index is 0.133. The van der Waals surface area contributed by atoms with Crippen molar-refractivity contribution in [3.05, 3.63) is 0 Å². The van der Waals surface area contributed by atoms with Gasteiger partial charge in [-0.05, 0) is 32.2 Å². The first-order valence-corrected chi connectivity index (χ1v) is 6.60. The maximum Gasteiger partial charge on any atom is 0.238 e. The van der Waals surface area contributed by atoms with E-state index in [0.29, 0.717) is 11.9 Å². The Balaban J connectivity index is 1.69. The predicted octanol–water partition coefficient (Wildman–Crippen LogP) is 0.788. The van der Waals surface area contributed by atoms with E-state index in [4.69, 9.17) is 0 Å². The number of piperidine rings is 1. The summed E-state index contributed by atoms with van der Waals surface area (Å²) >= 11 is 0. The van der Waals surface area contributed by atoms with Crippen molar-refractivity contribution in [2.75, 3.05) is 13.1 Å². The standard InChI is InChI=1S/C12H21N3O/c16-11-8-12(5-1-2-6-12)14-15(11)10-4-3-7-13-9-10/h10,13-14H,1-9H2. The third-order valence-electron chi connectivity index (χ3n) is 4.31. The van der Waals surface area contributed by atoms with Crippen LogP contribution in [0.3, 0.4) is 0 Å². The van der Waals surface area contributed by atoms with Gasteiger partial charge in [-0.25, -0.2) is 5.43 Å². The van der Waals surface area contributed by atoms with E-state index in [2.05, 4.69) is 10.7 Å².